The van der Waals surface area contributed by atoms with Gasteiger partial charge in [0.1, 0.15) is 5.82 Å². The van der Waals surface area contributed by atoms with E-state index in [1.165, 1.54) is 11.1 Å². The van der Waals surface area contributed by atoms with Gasteiger partial charge in [-0.25, -0.2) is 4.98 Å². The van der Waals surface area contributed by atoms with Gasteiger partial charge in [-0.15, -0.1) is 0 Å². The number of aromatic nitrogens is 1. The summed E-state index contributed by atoms with van der Waals surface area (Å²) < 4.78 is 0. The molecule has 22 heavy (non-hydrogen) atoms. The summed E-state index contributed by atoms with van der Waals surface area (Å²) in [5, 5.41) is 15.0. The van der Waals surface area contributed by atoms with Gasteiger partial charge in [0, 0.05) is 61.9 Å². The lowest BCUT2D eigenvalue weighted by atomic mass is 10.1. The molecule has 2 aromatic rings. The van der Waals surface area contributed by atoms with E-state index in [2.05, 4.69) is 34.5 Å². The molecule has 118 valence electrons. The number of benzene rings is 1. The predicted molar refractivity (Wildman–Crippen MR) is 91.9 cm³/mol. The van der Waals surface area contributed by atoms with Crippen LogP contribution in [-0.4, -0.2) is 56.5 Å². The Labute approximate surface area is 131 Å². The third-order valence-electron chi connectivity index (χ3n) is 4.21. The molecule has 3 rings (SSSR count). The molecule has 0 unspecified atom stereocenters. The topological polar surface area (TPSA) is 51.6 Å². The summed E-state index contributed by atoms with van der Waals surface area (Å²) in [6.45, 7) is 6.86. The summed E-state index contributed by atoms with van der Waals surface area (Å²) in [7, 11) is 1.98. The van der Waals surface area contributed by atoms with Crippen molar-refractivity contribution in [3.63, 3.8) is 0 Å². The van der Waals surface area contributed by atoms with Crippen molar-refractivity contribution in [1.29, 1.82) is 0 Å². The highest BCUT2D eigenvalue weighted by Gasteiger charge is 2.16. The molecule has 0 amide bonds. The van der Waals surface area contributed by atoms with Crippen LogP contribution in [0.15, 0.2) is 24.3 Å². The molecular formula is C17H24N4O. The third kappa shape index (κ3) is 2.87. The maximum atomic E-state index is 9.21. The van der Waals surface area contributed by atoms with Crippen LogP contribution >= 0.6 is 0 Å². The van der Waals surface area contributed by atoms with Gasteiger partial charge < -0.3 is 20.2 Å². The highest BCUT2D eigenvalue weighted by Crippen LogP contribution is 2.32. The number of likely N-dealkylation sites (N-methyl/N-ethyl adjacent to an activating group) is 1. The van der Waals surface area contributed by atoms with Gasteiger partial charge in [-0.05, 0) is 19.1 Å². The molecule has 1 saturated heterocycles. The van der Waals surface area contributed by atoms with Crippen molar-refractivity contribution >= 4 is 22.3 Å². The summed E-state index contributed by atoms with van der Waals surface area (Å²) in [4.78, 5) is 9.15. The first-order valence-electron chi connectivity index (χ1n) is 7.89. The number of aliphatic hydroxyl groups excluding tert-OH is 1. The minimum absolute atomic E-state index is 0.130. The van der Waals surface area contributed by atoms with Gasteiger partial charge in [-0.2, -0.15) is 0 Å². The van der Waals surface area contributed by atoms with Crippen LogP contribution in [0.4, 0.5) is 11.5 Å². The van der Waals surface area contributed by atoms with Crippen LogP contribution in [0.5, 0.6) is 0 Å². The molecule has 1 aliphatic heterocycles. The van der Waals surface area contributed by atoms with E-state index < -0.39 is 0 Å². The number of nitrogens with zero attached hydrogens (tertiary/aromatic N) is 3. The van der Waals surface area contributed by atoms with Crippen molar-refractivity contribution in [2.45, 2.75) is 6.92 Å². The Morgan fingerprint density at radius 3 is 2.77 bits per heavy atom. The number of aliphatic hydroxyl groups is 1. The average molecular weight is 300 g/mol. The van der Waals surface area contributed by atoms with Gasteiger partial charge in [0.05, 0.1) is 6.61 Å². The number of hydrogen-bond donors (Lipinski definition) is 2. The van der Waals surface area contributed by atoms with Gasteiger partial charge in [0.25, 0.3) is 0 Å². The van der Waals surface area contributed by atoms with Crippen molar-refractivity contribution in [2.75, 3.05) is 56.2 Å². The van der Waals surface area contributed by atoms with Crippen LogP contribution in [0.1, 0.15) is 5.69 Å². The zero-order valence-electron chi connectivity index (χ0n) is 13.3. The number of rotatable bonds is 4. The van der Waals surface area contributed by atoms with Crippen molar-refractivity contribution < 1.29 is 5.11 Å². The van der Waals surface area contributed by atoms with E-state index in [0.717, 1.165) is 43.1 Å². The Bertz CT molecular complexity index is 652. The molecule has 2 heterocycles. The number of pyridine rings is 1. The second-order valence-corrected chi connectivity index (χ2v) is 5.84. The fourth-order valence-corrected chi connectivity index (χ4v) is 3.10. The fourth-order valence-electron chi connectivity index (χ4n) is 3.10. The predicted octanol–water partition coefficient (Wildman–Crippen LogP) is 1.38. The van der Waals surface area contributed by atoms with Crippen molar-refractivity contribution in [1.82, 2.24) is 10.3 Å². The largest absolute Gasteiger partial charge is 0.395 e. The molecule has 5 heteroatoms. The maximum absolute atomic E-state index is 9.21. The minimum atomic E-state index is 0.130. The molecule has 2 N–H and O–H groups in total. The van der Waals surface area contributed by atoms with Crippen molar-refractivity contribution in [3.05, 3.63) is 30.0 Å². The van der Waals surface area contributed by atoms with Crippen LogP contribution in [0.25, 0.3) is 10.8 Å². The number of piperazine rings is 1. The Balaban J connectivity index is 2.11. The van der Waals surface area contributed by atoms with Gasteiger partial charge >= 0.3 is 0 Å². The van der Waals surface area contributed by atoms with E-state index in [1.54, 1.807) is 0 Å². The Kier molecular flexibility index (Phi) is 4.45. The molecule has 1 aromatic carbocycles. The SMILES string of the molecule is Cc1cc2c(N3CCNCC3)cccc2c(N(C)CCO)n1. The van der Waals surface area contributed by atoms with Crippen LogP contribution in [0, 0.1) is 6.92 Å². The molecule has 5 nitrogen and oxygen atoms in total. The molecule has 0 spiro atoms. The molecule has 1 aliphatic rings. The first-order chi connectivity index (χ1) is 10.7. The monoisotopic (exact) mass is 300 g/mol. The summed E-state index contributed by atoms with van der Waals surface area (Å²) >= 11 is 0. The molecular weight excluding hydrogens is 276 g/mol. The van der Waals surface area contributed by atoms with E-state index in [0.29, 0.717) is 6.54 Å². The fraction of sp³-hybridized carbons (Fsp3) is 0.471. The molecule has 0 aliphatic carbocycles. The first-order valence-corrected chi connectivity index (χ1v) is 7.89. The number of anilines is 2. The molecule has 1 aromatic heterocycles. The second kappa shape index (κ2) is 6.50. The van der Waals surface area contributed by atoms with Crippen molar-refractivity contribution in [3.8, 4) is 0 Å². The normalized spacial score (nSPS) is 15.3. The van der Waals surface area contributed by atoms with E-state index in [-0.39, 0.29) is 6.61 Å². The number of nitrogens with one attached hydrogen (secondary N) is 1. The third-order valence-corrected chi connectivity index (χ3v) is 4.21. The van der Waals surface area contributed by atoms with Gasteiger partial charge in [-0.3, -0.25) is 0 Å². The van der Waals surface area contributed by atoms with E-state index in [4.69, 9.17) is 4.98 Å². The highest BCUT2D eigenvalue weighted by molar-refractivity contribution is 6.00. The number of aryl methyl sites for hydroxylation is 1. The number of fused-ring (bicyclic) bond motifs is 1. The van der Waals surface area contributed by atoms with Crippen LogP contribution in [0.3, 0.4) is 0 Å². The van der Waals surface area contributed by atoms with E-state index in [9.17, 15) is 5.11 Å². The van der Waals surface area contributed by atoms with Crippen LogP contribution in [0.2, 0.25) is 0 Å². The number of hydrogen-bond acceptors (Lipinski definition) is 5. The van der Waals surface area contributed by atoms with E-state index in [1.807, 2.05) is 18.9 Å². The Hall–Kier alpha value is -1.85. The van der Waals surface area contributed by atoms with Gasteiger partial charge in [-0.1, -0.05) is 12.1 Å². The Morgan fingerprint density at radius 2 is 2.05 bits per heavy atom. The van der Waals surface area contributed by atoms with Crippen LogP contribution in [-0.2, 0) is 0 Å². The lowest BCUT2D eigenvalue weighted by Gasteiger charge is -2.31. The van der Waals surface area contributed by atoms with Gasteiger partial charge in [0.15, 0.2) is 0 Å². The smallest absolute Gasteiger partial charge is 0.136 e. The summed E-state index contributed by atoms with van der Waals surface area (Å²) in [5.41, 5.74) is 2.29. The molecule has 0 saturated carbocycles. The lowest BCUT2D eigenvalue weighted by Crippen LogP contribution is -2.43. The first kappa shape index (κ1) is 15.1. The van der Waals surface area contributed by atoms with Crippen LogP contribution < -0.4 is 15.1 Å². The summed E-state index contributed by atoms with van der Waals surface area (Å²) in [6, 6.07) is 8.59. The summed E-state index contributed by atoms with van der Waals surface area (Å²) in [6.07, 6.45) is 0. The van der Waals surface area contributed by atoms with Crippen molar-refractivity contribution in [2.24, 2.45) is 0 Å². The zero-order valence-corrected chi connectivity index (χ0v) is 13.3. The second-order valence-electron chi connectivity index (χ2n) is 5.84. The quantitative estimate of drug-likeness (QED) is 0.893. The Morgan fingerprint density at radius 1 is 1.27 bits per heavy atom. The average Bonchev–Trinajstić information content (AvgIpc) is 2.54. The molecule has 0 bridgehead atoms. The molecule has 0 atom stereocenters. The van der Waals surface area contributed by atoms with E-state index >= 15 is 0 Å². The molecule has 1 fully saturated rings. The van der Waals surface area contributed by atoms with Gasteiger partial charge in [0.2, 0.25) is 0 Å². The highest BCUT2D eigenvalue weighted by atomic mass is 16.3. The summed E-state index contributed by atoms with van der Waals surface area (Å²) in [5.74, 6) is 0.945. The minimum Gasteiger partial charge on any atom is -0.395 e. The standard InChI is InChI=1S/C17H24N4O/c1-13-12-15-14(17(19-13)20(2)10-11-22)4-3-5-16(15)21-8-6-18-7-9-21/h3-5,12,18,22H,6-11H2,1-2H3. The lowest BCUT2D eigenvalue weighted by molar-refractivity contribution is 0.304. The zero-order chi connectivity index (χ0) is 15.5. The molecule has 0 radical (unpaired) electrons. The maximum Gasteiger partial charge on any atom is 0.136 e.